The van der Waals surface area contributed by atoms with Crippen molar-refractivity contribution in [1.82, 2.24) is 0 Å². The van der Waals surface area contributed by atoms with Crippen molar-refractivity contribution < 1.29 is 22.5 Å². The van der Waals surface area contributed by atoms with E-state index in [4.69, 9.17) is 4.74 Å². The highest BCUT2D eigenvalue weighted by Gasteiger charge is 2.33. The lowest BCUT2D eigenvalue weighted by molar-refractivity contribution is 0.0736. The number of fused-ring (bicyclic) bond motifs is 1. The summed E-state index contributed by atoms with van der Waals surface area (Å²) in [5, 5.41) is 0. The highest BCUT2D eigenvalue weighted by atomic mass is 32.2. The van der Waals surface area contributed by atoms with Crippen molar-refractivity contribution in [1.29, 1.82) is 0 Å². The van der Waals surface area contributed by atoms with Gasteiger partial charge in [0, 0.05) is 6.54 Å². The van der Waals surface area contributed by atoms with Crippen molar-refractivity contribution in [2.75, 3.05) is 6.54 Å². The Morgan fingerprint density at radius 2 is 1.83 bits per heavy atom. The Bertz CT molecular complexity index is 709. The molecule has 0 unspecified atom stereocenters. The number of unbranched alkanes of at least 4 members (excludes halogenated alkanes) is 5. The van der Waals surface area contributed by atoms with Crippen LogP contribution in [0.5, 0.6) is 0 Å². The molecule has 7 heteroatoms. The van der Waals surface area contributed by atoms with Gasteiger partial charge in [-0.15, -0.1) is 0 Å². The minimum Gasteiger partial charge on any atom is -0.403 e. The lowest BCUT2D eigenvalue weighted by atomic mass is 10.1. The van der Waals surface area contributed by atoms with Gasteiger partial charge in [-0.1, -0.05) is 45.1 Å². The van der Waals surface area contributed by atoms with Crippen LogP contribution in [0.25, 0.3) is 0 Å². The van der Waals surface area contributed by atoms with Gasteiger partial charge in [0.1, 0.15) is 4.90 Å². The molecule has 0 radical (unpaired) electrons. The van der Waals surface area contributed by atoms with Crippen LogP contribution >= 0.6 is 0 Å². The molecule has 23 heavy (non-hydrogen) atoms. The predicted molar refractivity (Wildman–Crippen MR) is 86.5 cm³/mol. The highest BCUT2D eigenvalue weighted by Crippen LogP contribution is 2.27. The molecule has 0 aliphatic carbocycles. The Kier molecular flexibility index (Phi) is 5.90. The SMILES string of the molecule is CCCCCCCCN=C1OC(=O)c2cccc(S(=O)(=O)O)c21. The van der Waals surface area contributed by atoms with Crippen LogP contribution in [0.15, 0.2) is 28.1 Å². The monoisotopic (exact) mass is 339 g/mol. The molecule has 0 aromatic heterocycles. The average Bonchev–Trinajstić information content (AvgIpc) is 2.82. The smallest absolute Gasteiger partial charge is 0.345 e. The van der Waals surface area contributed by atoms with Gasteiger partial charge in [0.15, 0.2) is 0 Å². The standard InChI is InChI=1S/C16H21NO5S/c1-2-3-4-5-6-7-11-17-15-14-12(16(18)22-15)9-8-10-13(14)23(19,20)21/h8-10H,2-7,11H2,1H3,(H,19,20,21). The van der Waals surface area contributed by atoms with Crippen LogP contribution in [0.3, 0.4) is 0 Å². The van der Waals surface area contributed by atoms with E-state index in [0.717, 1.165) is 19.3 Å². The van der Waals surface area contributed by atoms with Gasteiger partial charge in [-0.25, -0.2) is 4.79 Å². The number of carbonyl (C=O) groups is 1. The third kappa shape index (κ3) is 4.39. The van der Waals surface area contributed by atoms with E-state index in [1.807, 2.05) is 0 Å². The number of hydrogen-bond acceptors (Lipinski definition) is 5. The van der Waals surface area contributed by atoms with Crippen LogP contribution in [0, 0.1) is 0 Å². The minimum atomic E-state index is -4.44. The maximum atomic E-state index is 11.8. The van der Waals surface area contributed by atoms with Crippen LogP contribution < -0.4 is 0 Å². The molecule has 1 aromatic carbocycles. The number of hydrogen-bond donors (Lipinski definition) is 1. The topological polar surface area (TPSA) is 93.0 Å². The van der Waals surface area contributed by atoms with Crippen LogP contribution in [0.2, 0.25) is 0 Å². The van der Waals surface area contributed by atoms with Crippen LogP contribution in [0.1, 0.15) is 61.4 Å². The molecule has 1 N–H and O–H groups in total. The number of ether oxygens (including phenoxy) is 1. The maximum absolute atomic E-state index is 11.8. The van der Waals surface area contributed by atoms with Crippen molar-refractivity contribution in [3.8, 4) is 0 Å². The zero-order valence-corrected chi connectivity index (χ0v) is 13.9. The van der Waals surface area contributed by atoms with Crippen LogP contribution in [0.4, 0.5) is 0 Å². The number of nitrogens with zero attached hydrogens (tertiary/aromatic N) is 1. The third-order valence-corrected chi connectivity index (χ3v) is 4.59. The fraction of sp³-hybridized carbons (Fsp3) is 0.500. The summed E-state index contributed by atoms with van der Waals surface area (Å²) in [5.74, 6) is -0.668. The van der Waals surface area contributed by atoms with Gasteiger partial charge in [-0.3, -0.25) is 9.55 Å². The van der Waals surface area contributed by atoms with Gasteiger partial charge >= 0.3 is 5.97 Å². The van der Waals surface area contributed by atoms with Crippen LogP contribution in [-0.2, 0) is 14.9 Å². The van der Waals surface area contributed by atoms with Crippen molar-refractivity contribution in [2.24, 2.45) is 4.99 Å². The fourth-order valence-corrected chi connectivity index (χ4v) is 3.22. The van der Waals surface area contributed by atoms with Gasteiger partial charge in [-0.05, 0) is 18.6 Å². The van der Waals surface area contributed by atoms with Gasteiger partial charge in [0.25, 0.3) is 10.1 Å². The van der Waals surface area contributed by atoms with E-state index in [9.17, 15) is 17.8 Å². The number of benzene rings is 1. The zero-order chi connectivity index (χ0) is 16.9. The van der Waals surface area contributed by atoms with E-state index < -0.39 is 16.1 Å². The van der Waals surface area contributed by atoms with Gasteiger partial charge in [0.05, 0.1) is 11.1 Å². The lowest BCUT2D eigenvalue weighted by Crippen LogP contribution is -2.08. The highest BCUT2D eigenvalue weighted by molar-refractivity contribution is 7.86. The Morgan fingerprint density at radius 1 is 1.13 bits per heavy atom. The molecule has 2 rings (SSSR count). The van der Waals surface area contributed by atoms with E-state index in [1.54, 1.807) is 0 Å². The maximum Gasteiger partial charge on any atom is 0.345 e. The number of cyclic esters (lactones) is 1. The summed E-state index contributed by atoms with van der Waals surface area (Å²) >= 11 is 0. The number of rotatable bonds is 8. The molecule has 0 saturated carbocycles. The molecule has 0 spiro atoms. The van der Waals surface area contributed by atoms with Crippen molar-refractivity contribution in [3.63, 3.8) is 0 Å². The molecule has 0 amide bonds. The molecule has 0 atom stereocenters. The van der Waals surface area contributed by atoms with E-state index in [0.29, 0.717) is 6.54 Å². The largest absolute Gasteiger partial charge is 0.403 e. The summed E-state index contributed by atoms with van der Waals surface area (Å²) in [6.45, 7) is 2.61. The van der Waals surface area contributed by atoms with E-state index in [2.05, 4.69) is 11.9 Å². The molecule has 1 heterocycles. The lowest BCUT2D eigenvalue weighted by Gasteiger charge is -2.03. The van der Waals surface area contributed by atoms with Gasteiger partial charge in [-0.2, -0.15) is 8.42 Å². The molecule has 1 aromatic rings. The first-order valence-electron chi connectivity index (χ1n) is 7.82. The Labute approximate surface area is 136 Å². The number of carbonyl (C=O) groups excluding carboxylic acids is 1. The molecule has 126 valence electrons. The first kappa shape index (κ1) is 17.6. The predicted octanol–water partition coefficient (Wildman–Crippen LogP) is 3.21. The van der Waals surface area contributed by atoms with Crippen molar-refractivity contribution in [3.05, 3.63) is 29.3 Å². The fourth-order valence-electron chi connectivity index (χ4n) is 2.51. The second-order valence-corrected chi connectivity index (χ2v) is 6.89. The van der Waals surface area contributed by atoms with E-state index >= 15 is 0 Å². The quantitative estimate of drug-likeness (QED) is 0.446. The molecular formula is C16H21NO5S. The van der Waals surface area contributed by atoms with E-state index in [1.165, 1.54) is 37.5 Å². The zero-order valence-electron chi connectivity index (χ0n) is 13.1. The Morgan fingerprint density at radius 3 is 2.52 bits per heavy atom. The minimum absolute atomic E-state index is 0.0215. The van der Waals surface area contributed by atoms with Crippen LogP contribution in [-0.4, -0.2) is 31.4 Å². The molecular weight excluding hydrogens is 318 g/mol. The summed E-state index contributed by atoms with van der Waals surface area (Å²) in [4.78, 5) is 15.6. The molecule has 6 nitrogen and oxygen atoms in total. The molecule has 0 bridgehead atoms. The number of aliphatic imine (C=N–C) groups is 1. The van der Waals surface area contributed by atoms with Gasteiger partial charge < -0.3 is 4.74 Å². The molecule has 1 aliphatic heterocycles. The molecule has 0 fully saturated rings. The Balaban J connectivity index is 2.10. The van der Waals surface area contributed by atoms with Gasteiger partial charge in [0.2, 0.25) is 5.90 Å². The van der Waals surface area contributed by atoms with E-state index in [-0.39, 0.29) is 21.9 Å². The first-order valence-corrected chi connectivity index (χ1v) is 9.26. The average molecular weight is 339 g/mol. The second-order valence-electron chi connectivity index (χ2n) is 5.50. The first-order chi connectivity index (χ1) is 10.9. The normalized spacial score (nSPS) is 15.7. The molecule has 0 saturated heterocycles. The third-order valence-electron chi connectivity index (χ3n) is 3.69. The summed E-state index contributed by atoms with van der Waals surface area (Å²) in [7, 11) is -4.44. The second kappa shape index (κ2) is 7.70. The number of esters is 1. The summed E-state index contributed by atoms with van der Waals surface area (Å²) in [6.07, 6.45) is 6.60. The molecule has 1 aliphatic rings. The van der Waals surface area contributed by atoms with Crippen molar-refractivity contribution >= 4 is 22.0 Å². The summed E-state index contributed by atoms with van der Waals surface area (Å²) < 4.78 is 37.3. The summed E-state index contributed by atoms with van der Waals surface area (Å²) in [5.41, 5.74) is 0.174. The van der Waals surface area contributed by atoms with Crippen molar-refractivity contribution in [2.45, 2.75) is 50.3 Å². The summed E-state index contributed by atoms with van der Waals surface area (Å²) in [6, 6.07) is 4.08. The Hall–Kier alpha value is -1.73.